The van der Waals surface area contributed by atoms with E-state index in [1.54, 1.807) is 18.2 Å². The van der Waals surface area contributed by atoms with Gasteiger partial charge in [-0.1, -0.05) is 29.3 Å². The molecule has 0 aliphatic rings. The molecule has 1 heterocycles. The van der Waals surface area contributed by atoms with Crippen LogP contribution in [0.5, 0.6) is 5.75 Å². The number of carboxylic acids is 2. The molecule has 4 N–H and O–H groups in total. The van der Waals surface area contributed by atoms with E-state index >= 15 is 0 Å². The van der Waals surface area contributed by atoms with Crippen molar-refractivity contribution >= 4 is 51.9 Å². The van der Waals surface area contributed by atoms with E-state index < -0.39 is 18.0 Å². The number of aliphatic carboxylic acids is 1. The zero-order valence-electron chi connectivity index (χ0n) is 14.2. The van der Waals surface area contributed by atoms with Crippen LogP contribution in [0.15, 0.2) is 42.5 Å². The first-order chi connectivity index (χ1) is 13.2. The van der Waals surface area contributed by atoms with Crippen molar-refractivity contribution in [3.8, 4) is 5.75 Å². The minimum absolute atomic E-state index is 0.00523. The number of carboxylic acid groups (broad SMARTS) is 2. The summed E-state index contributed by atoms with van der Waals surface area (Å²) < 4.78 is 0. The first-order valence-corrected chi connectivity index (χ1v) is 8.80. The maximum absolute atomic E-state index is 11.7. The molecule has 7 nitrogen and oxygen atoms in total. The van der Waals surface area contributed by atoms with Gasteiger partial charge in [0.1, 0.15) is 23.2 Å². The number of hydrogen-bond acceptors (Lipinski definition) is 5. The third-order valence-corrected chi connectivity index (χ3v) is 4.61. The summed E-state index contributed by atoms with van der Waals surface area (Å²) in [4.78, 5) is 27.6. The Balaban J connectivity index is 1.98. The van der Waals surface area contributed by atoms with Crippen molar-refractivity contribution in [1.82, 2.24) is 4.98 Å². The number of halogens is 2. The van der Waals surface area contributed by atoms with E-state index in [1.807, 2.05) is 0 Å². The summed E-state index contributed by atoms with van der Waals surface area (Å²) in [5, 5.41) is 32.3. The van der Waals surface area contributed by atoms with Gasteiger partial charge in [-0.15, -0.1) is 0 Å². The fourth-order valence-corrected chi connectivity index (χ4v) is 3.08. The molecule has 0 saturated heterocycles. The first kappa shape index (κ1) is 19.7. The number of fused-ring (bicyclic) bond motifs is 1. The van der Waals surface area contributed by atoms with Gasteiger partial charge in [0.2, 0.25) is 0 Å². The third-order valence-electron chi connectivity index (χ3n) is 4.07. The van der Waals surface area contributed by atoms with Crippen molar-refractivity contribution < 1.29 is 24.9 Å². The summed E-state index contributed by atoms with van der Waals surface area (Å²) in [6.07, 6.45) is -0.00523. The van der Waals surface area contributed by atoms with Crippen LogP contribution in [0.3, 0.4) is 0 Å². The van der Waals surface area contributed by atoms with Crippen LogP contribution in [0.2, 0.25) is 10.0 Å². The number of benzene rings is 2. The summed E-state index contributed by atoms with van der Waals surface area (Å²) in [7, 11) is 0. The van der Waals surface area contributed by atoms with Crippen molar-refractivity contribution in [3.05, 3.63) is 63.6 Å². The smallest absolute Gasteiger partial charge is 0.339 e. The second-order valence-electron chi connectivity index (χ2n) is 6.05. The fourth-order valence-electron chi connectivity index (χ4n) is 2.70. The molecule has 0 aliphatic heterocycles. The largest absolute Gasteiger partial charge is 0.506 e. The standard InChI is InChI=1S/C19H14Cl2N2O5/c20-11-2-3-14-10(7-11)8-12(18(25)26)17(22-14)23-15(19(27)28)6-9-1-4-16(24)13(21)5-9/h1-5,7-8,15,24H,6H2,(H,22,23)(H,25,26)(H,27,28)/t15-/m0/s1. The monoisotopic (exact) mass is 420 g/mol. The molecule has 0 amide bonds. The molecule has 0 spiro atoms. The molecule has 0 fully saturated rings. The molecular weight excluding hydrogens is 407 g/mol. The van der Waals surface area contributed by atoms with Crippen molar-refractivity contribution in [3.63, 3.8) is 0 Å². The van der Waals surface area contributed by atoms with Gasteiger partial charge in [-0.3, -0.25) is 0 Å². The van der Waals surface area contributed by atoms with Crippen LogP contribution < -0.4 is 5.32 Å². The van der Waals surface area contributed by atoms with Crippen LogP contribution in [-0.2, 0) is 11.2 Å². The third kappa shape index (κ3) is 4.27. The number of phenolic OH excluding ortho intramolecular Hbond substituents is 1. The van der Waals surface area contributed by atoms with E-state index in [4.69, 9.17) is 23.2 Å². The molecule has 3 rings (SSSR count). The van der Waals surface area contributed by atoms with E-state index in [-0.39, 0.29) is 28.6 Å². The molecule has 0 radical (unpaired) electrons. The Kier molecular flexibility index (Phi) is 5.58. The topological polar surface area (TPSA) is 120 Å². The van der Waals surface area contributed by atoms with Gasteiger partial charge in [0, 0.05) is 16.8 Å². The average molecular weight is 421 g/mol. The fraction of sp³-hybridized carbons (Fsp3) is 0.105. The molecular formula is C19H14Cl2N2O5. The number of pyridine rings is 1. The van der Waals surface area contributed by atoms with Gasteiger partial charge in [-0.25, -0.2) is 14.6 Å². The zero-order chi connectivity index (χ0) is 20.4. The van der Waals surface area contributed by atoms with E-state index in [0.29, 0.717) is 21.5 Å². The van der Waals surface area contributed by atoms with Gasteiger partial charge in [-0.05, 0) is 42.0 Å². The molecule has 0 unspecified atom stereocenters. The molecule has 28 heavy (non-hydrogen) atoms. The normalized spacial score (nSPS) is 11.9. The second-order valence-corrected chi connectivity index (χ2v) is 6.90. The lowest BCUT2D eigenvalue weighted by Crippen LogP contribution is -2.32. The number of nitrogens with one attached hydrogen (secondary N) is 1. The van der Waals surface area contributed by atoms with Gasteiger partial charge in [0.05, 0.1) is 10.5 Å². The van der Waals surface area contributed by atoms with Crippen LogP contribution in [0.1, 0.15) is 15.9 Å². The molecule has 0 saturated carbocycles. The highest BCUT2D eigenvalue weighted by Gasteiger charge is 2.23. The van der Waals surface area contributed by atoms with Gasteiger partial charge < -0.3 is 20.6 Å². The Bertz CT molecular complexity index is 1090. The molecule has 1 atom stereocenters. The molecule has 0 bridgehead atoms. The van der Waals surface area contributed by atoms with Crippen molar-refractivity contribution in [1.29, 1.82) is 0 Å². The Labute approximate surface area is 169 Å². The lowest BCUT2D eigenvalue weighted by Gasteiger charge is -2.17. The maximum Gasteiger partial charge on any atom is 0.339 e. The van der Waals surface area contributed by atoms with Crippen molar-refractivity contribution in [2.24, 2.45) is 0 Å². The van der Waals surface area contributed by atoms with Gasteiger partial charge >= 0.3 is 11.9 Å². The van der Waals surface area contributed by atoms with Gasteiger partial charge in [0.25, 0.3) is 0 Å². The minimum atomic E-state index is -1.26. The Morgan fingerprint density at radius 2 is 1.82 bits per heavy atom. The predicted molar refractivity (Wildman–Crippen MR) is 106 cm³/mol. The number of hydrogen-bond donors (Lipinski definition) is 4. The van der Waals surface area contributed by atoms with E-state index in [1.165, 1.54) is 24.3 Å². The van der Waals surface area contributed by atoms with Gasteiger partial charge in [-0.2, -0.15) is 0 Å². The Morgan fingerprint density at radius 1 is 1.07 bits per heavy atom. The van der Waals surface area contributed by atoms with E-state index in [2.05, 4.69) is 10.3 Å². The number of aromatic hydroxyl groups is 1. The lowest BCUT2D eigenvalue weighted by molar-refractivity contribution is -0.137. The Morgan fingerprint density at radius 3 is 2.46 bits per heavy atom. The van der Waals surface area contributed by atoms with E-state index in [9.17, 15) is 24.9 Å². The highest BCUT2D eigenvalue weighted by molar-refractivity contribution is 6.32. The van der Waals surface area contributed by atoms with Gasteiger partial charge in [0.15, 0.2) is 0 Å². The minimum Gasteiger partial charge on any atom is -0.506 e. The lowest BCUT2D eigenvalue weighted by atomic mass is 10.0. The molecule has 0 aliphatic carbocycles. The number of phenols is 1. The SMILES string of the molecule is O=C(O)c1cc2cc(Cl)ccc2nc1N[C@@H](Cc1ccc(O)c(Cl)c1)C(=O)O. The summed E-state index contributed by atoms with van der Waals surface area (Å²) in [5.41, 5.74) is 0.839. The number of aromatic carboxylic acids is 1. The first-order valence-electron chi connectivity index (χ1n) is 8.05. The average Bonchev–Trinajstić information content (AvgIpc) is 2.63. The maximum atomic E-state index is 11.7. The number of anilines is 1. The number of rotatable bonds is 6. The molecule has 2 aromatic carbocycles. The second kappa shape index (κ2) is 7.92. The summed E-state index contributed by atoms with van der Waals surface area (Å²) in [5.74, 6) is -2.64. The molecule has 144 valence electrons. The molecule has 1 aromatic heterocycles. The highest BCUT2D eigenvalue weighted by Crippen LogP contribution is 2.26. The summed E-state index contributed by atoms with van der Waals surface area (Å²) >= 11 is 11.8. The summed E-state index contributed by atoms with van der Waals surface area (Å²) in [6.45, 7) is 0. The van der Waals surface area contributed by atoms with Crippen LogP contribution in [-0.4, -0.2) is 38.3 Å². The van der Waals surface area contributed by atoms with Crippen LogP contribution >= 0.6 is 23.2 Å². The molecule has 9 heteroatoms. The van der Waals surface area contributed by atoms with Crippen LogP contribution in [0.4, 0.5) is 5.82 Å². The van der Waals surface area contributed by atoms with Crippen LogP contribution in [0, 0.1) is 0 Å². The number of nitrogens with zero attached hydrogens (tertiary/aromatic N) is 1. The number of carbonyl (C=O) groups is 2. The molecule has 3 aromatic rings. The van der Waals surface area contributed by atoms with Crippen molar-refractivity contribution in [2.45, 2.75) is 12.5 Å². The number of aromatic nitrogens is 1. The quantitative estimate of drug-likeness (QED) is 0.474. The van der Waals surface area contributed by atoms with E-state index in [0.717, 1.165) is 0 Å². The predicted octanol–water partition coefficient (Wildman–Crippen LogP) is 4.05. The summed E-state index contributed by atoms with van der Waals surface area (Å²) in [6, 6.07) is 9.35. The Hall–Kier alpha value is -3.03. The van der Waals surface area contributed by atoms with Crippen LogP contribution in [0.25, 0.3) is 10.9 Å². The zero-order valence-corrected chi connectivity index (χ0v) is 15.7. The van der Waals surface area contributed by atoms with Crippen molar-refractivity contribution in [2.75, 3.05) is 5.32 Å². The highest BCUT2D eigenvalue weighted by atomic mass is 35.5.